The normalized spacial score (nSPS) is 13.7. The van der Waals surface area contributed by atoms with Crippen LogP contribution in [0.1, 0.15) is 33.2 Å². The minimum absolute atomic E-state index is 0.148. The van der Waals surface area contributed by atoms with Gasteiger partial charge in [-0.1, -0.05) is 41.9 Å². The van der Waals surface area contributed by atoms with Crippen LogP contribution >= 0.6 is 35.0 Å². The number of amides is 1. The van der Waals surface area contributed by atoms with E-state index in [0.717, 1.165) is 6.42 Å². The zero-order chi connectivity index (χ0) is 18.8. The van der Waals surface area contributed by atoms with Crippen molar-refractivity contribution in [3.63, 3.8) is 0 Å². The number of fused-ring (bicyclic) bond motifs is 1. The fraction of sp³-hybridized carbons (Fsp3) is 0.375. The van der Waals surface area contributed by atoms with Crippen LogP contribution in [0, 0.1) is 0 Å². The third kappa shape index (κ3) is 3.82. The first-order chi connectivity index (χ1) is 12.4. The molecule has 0 saturated heterocycles. The Kier molecular flexibility index (Phi) is 5.74. The summed E-state index contributed by atoms with van der Waals surface area (Å²) in [5.74, 6) is 0.527. The van der Waals surface area contributed by atoms with E-state index in [2.05, 4.69) is 34.5 Å². The summed E-state index contributed by atoms with van der Waals surface area (Å²) in [4.78, 5) is 12.6. The molecule has 0 fully saturated rings. The van der Waals surface area contributed by atoms with E-state index in [1.54, 1.807) is 40.5 Å². The largest absolute Gasteiger partial charge is 0.310 e. The number of rotatable bonds is 6. The van der Waals surface area contributed by atoms with Gasteiger partial charge in [-0.3, -0.25) is 9.20 Å². The predicted octanol–water partition coefficient (Wildman–Crippen LogP) is 4.32. The molecule has 0 bridgehead atoms. The molecule has 3 rings (SSSR count). The van der Waals surface area contributed by atoms with E-state index in [1.807, 2.05) is 0 Å². The molecule has 3 heterocycles. The predicted molar refractivity (Wildman–Crippen MR) is 104 cm³/mol. The van der Waals surface area contributed by atoms with Gasteiger partial charge >= 0.3 is 0 Å². The van der Waals surface area contributed by atoms with Crippen molar-refractivity contribution in [2.75, 3.05) is 5.32 Å². The van der Waals surface area contributed by atoms with E-state index in [0.29, 0.717) is 26.7 Å². The highest BCUT2D eigenvalue weighted by Gasteiger charge is 2.21. The Morgan fingerprint density at radius 3 is 2.85 bits per heavy atom. The quantitative estimate of drug-likeness (QED) is 0.609. The van der Waals surface area contributed by atoms with Crippen LogP contribution in [0.15, 0.2) is 29.7 Å². The van der Waals surface area contributed by atoms with Crippen molar-refractivity contribution in [1.82, 2.24) is 24.4 Å². The van der Waals surface area contributed by atoms with Gasteiger partial charge in [0.05, 0.1) is 27.5 Å². The van der Waals surface area contributed by atoms with Crippen molar-refractivity contribution >= 4 is 52.3 Å². The monoisotopic (exact) mass is 412 g/mol. The highest BCUT2D eigenvalue weighted by molar-refractivity contribution is 8.00. The molecule has 2 atom stereocenters. The van der Waals surface area contributed by atoms with E-state index < -0.39 is 5.25 Å². The summed E-state index contributed by atoms with van der Waals surface area (Å²) in [5, 5.41) is 16.4. The van der Waals surface area contributed by atoms with Crippen LogP contribution in [-0.2, 0) is 4.79 Å². The van der Waals surface area contributed by atoms with Gasteiger partial charge in [0.25, 0.3) is 0 Å². The van der Waals surface area contributed by atoms with Crippen LogP contribution < -0.4 is 5.32 Å². The second-order valence-electron chi connectivity index (χ2n) is 5.85. The minimum atomic E-state index is -0.402. The summed E-state index contributed by atoms with van der Waals surface area (Å²) in [6.45, 7) is 5.93. The first-order valence-corrected chi connectivity index (χ1v) is 9.75. The number of nitrogens with zero attached hydrogens (tertiary/aromatic N) is 5. The molecule has 26 heavy (non-hydrogen) atoms. The highest BCUT2D eigenvalue weighted by atomic mass is 35.5. The summed E-state index contributed by atoms with van der Waals surface area (Å²) in [5.41, 5.74) is 0.501. The van der Waals surface area contributed by atoms with Crippen molar-refractivity contribution in [2.45, 2.75) is 43.6 Å². The van der Waals surface area contributed by atoms with Gasteiger partial charge in [0.1, 0.15) is 5.82 Å². The average molecular weight is 413 g/mol. The minimum Gasteiger partial charge on any atom is -0.310 e. The molecule has 10 heteroatoms. The van der Waals surface area contributed by atoms with Crippen molar-refractivity contribution in [3.05, 3.63) is 34.6 Å². The average Bonchev–Trinajstić information content (AvgIpc) is 3.21. The lowest BCUT2D eigenvalue weighted by Gasteiger charge is -2.16. The summed E-state index contributed by atoms with van der Waals surface area (Å²) in [6, 6.07) is 3.59. The van der Waals surface area contributed by atoms with Crippen LogP contribution in [0.4, 0.5) is 5.82 Å². The number of nitrogens with one attached hydrogen (secondary N) is 1. The van der Waals surface area contributed by atoms with Gasteiger partial charge in [0.2, 0.25) is 5.91 Å². The number of halogens is 2. The zero-order valence-electron chi connectivity index (χ0n) is 14.5. The maximum atomic E-state index is 12.6. The molecule has 0 aliphatic carbocycles. The van der Waals surface area contributed by atoms with Crippen LogP contribution in [-0.4, -0.2) is 35.5 Å². The lowest BCUT2D eigenvalue weighted by molar-refractivity contribution is -0.115. The molecule has 0 spiro atoms. The van der Waals surface area contributed by atoms with Gasteiger partial charge in [-0.25, -0.2) is 4.68 Å². The standard InChI is InChI=1S/C16H18Cl2N6OS/c1-4-9(2)24-13(5-6-19-24)20-15(25)10(3)26-16-22-21-14-12(18)7-11(17)8-23(14)16/h5-10H,4H2,1-3H3,(H,20,25)/t9-,10-/m1/s1. The van der Waals surface area contributed by atoms with Crippen molar-refractivity contribution in [2.24, 2.45) is 0 Å². The summed E-state index contributed by atoms with van der Waals surface area (Å²) < 4.78 is 3.49. The number of carbonyl (C=O) groups excluding carboxylic acids is 1. The summed E-state index contributed by atoms with van der Waals surface area (Å²) in [7, 11) is 0. The lowest BCUT2D eigenvalue weighted by atomic mass is 10.3. The molecular weight excluding hydrogens is 395 g/mol. The molecule has 138 valence electrons. The maximum absolute atomic E-state index is 12.6. The molecule has 0 radical (unpaired) electrons. The number of carbonyl (C=O) groups is 1. The number of anilines is 1. The number of pyridine rings is 1. The lowest BCUT2D eigenvalue weighted by Crippen LogP contribution is -2.25. The number of hydrogen-bond acceptors (Lipinski definition) is 5. The molecular formula is C16H18Cl2N6OS. The topological polar surface area (TPSA) is 77.1 Å². The Balaban J connectivity index is 1.75. The van der Waals surface area contributed by atoms with Gasteiger partial charge in [-0.05, 0) is 26.3 Å². The smallest absolute Gasteiger partial charge is 0.238 e. The van der Waals surface area contributed by atoms with E-state index in [1.165, 1.54) is 11.8 Å². The van der Waals surface area contributed by atoms with Crippen LogP contribution in [0.25, 0.3) is 5.65 Å². The third-order valence-corrected chi connectivity index (χ3v) is 5.52. The second kappa shape index (κ2) is 7.85. The first-order valence-electron chi connectivity index (χ1n) is 8.11. The number of aromatic nitrogens is 5. The molecule has 1 amide bonds. The second-order valence-corrected chi connectivity index (χ2v) is 8.00. The van der Waals surface area contributed by atoms with Gasteiger partial charge in [-0.15, -0.1) is 10.2 Å². The zero-order valence-corrected chi connectivity index (χ0v) is 16.8. The van der Waals surface area contributed by atoms with E-state index >= 15 is 0 Å². The number of hydrogen-bond donors (Lipinski definition) is 1. The SMILES string of the molecule is CC[C@@H](C)n1nccc1NC(=O)[C@@H](C)Sc1nnc2c(Cl)cc(Cl)cn12. The molecule has 3 aromatic heterocycles. The Morgan fingerprint density at radius 1 is 1.35 bits per heavy atom. The first kappa shape index (κ1) is 19.0. The molecule has 7 nitrogen and oxygen atoms in total. The van der Waals surface area contributed by atoms with E-state index in [9.17, 15) is 4.79 Å². The molecule has 0 saturated carbocycles. The van der Waals surface area contributed by atoms with Crippen LogP contribution in [0.5, 0.6) is 0 Å². The molecule has 1 N–H and O–H groups in total. The van der Waals surface area contributed by atoms with Crippen molar-refractivity contribution in [1.29, 1.82) is 0 Å². The van der Waals surface area contributed by atoms with Crippen LogP contribution in [0.3, 0.4) is 0 Å². The molecule has 0 aliphatic heterocycles. The fourth-order valence-electron chi connectivity index (χ4n) is 2.36. The fourth-order valence-corrected chi connectivity index (χ4v) is 3.69. The maximum Gasteiger partial charge on any atom is 0.238 e. The Labute approximate surface area is 165 Å². The molecule has 0 aliphatic rings. The molecule has 3 aromatic rings. The highest BCUT2D eigenvalue weighted by Crippen LogP contribution is 2.28. The summed E-state index contributed by atoms with van der Waals surface area (Å²) in [6.07, 6.45) is 4.27. The third-order valence-electron chi connectivity index (χ3n) is 3.98. The Morgan fingerprint density at radius 2 is 2.12 bits per heavy atom. The number of thioether (sulfide) groups is 1. The van der Waals surface area contributed by atoms with Crippen LogP contribution in [0.2, 0.25) is 10.0 Å². The summed E-state index contributed by atoms with van der Waals surface area (Å²) >= 11 is 13.5. The Hall–Kier alpha value is -1.77. The Bertz CT molecular complexity index is 940. The van der Waals surface area contributed by atoms with Crippen molar-refractivity contribution in [3.8, 4) is 0 Å². The van der Waals surface area contributed by atoms with E-state index in [-0.39, 0.29) is 11.9 Å². The van der Waals surface area contributed by atoms with Crippen molar-refractivity contribution < 1.29 is 4.79 Å². The van der Waals surface area contributed by atoms with E-state index in [4.69, 9.17) is 23.2 Å². The molecule has 0 unspecified atom stereocenters. The van der Waals surface area contributed by atoms with Gasteiger partial charge in [0.15, 0.2) is 10.8 Å². The van der Waals surface area contributed by atoms with Gasteiger partial charge in [-0.2, -0.15) is 5.10 Å². The van der Waals surface area contributed by atoms with Gasteiger partial charge in [0, 0.05) is 12.3 Å². The van der Waals surface area contributed by atoms with Gasteiger partial charge < -0.3 is 5.32 Å². The molecule has 0 aromatic carbocycles.